The minimum Gasteiger partial charge on any atom is -0.397 e. The smallest absolute Gasteiger partial charge is 0.132 e. The molecule has 1 aromatic heterocycles. The first kappa shape index (κ1) is 11.3. The van der Waals surface area contributed by atoms with Gasteiger partial charge in [0, 0.05) is 9.37 Å². The standard InChI is InChI=1S/C11H9BrN2OS/c12-8-1-4-10(5-2-8)16(15)11-6-3-9(13)7-14-11/h1-7H,13H2/t16-/m1/s1. The molecule has 0 aliphatic heterocycles. The van der Waals surface area contributed by atoms with Crippen LogP contribution < -0.4 is 5.73 Å². The van der Waals surface area contributed by atoms with E-state index in [1.807, 2.05) is 12.1 Å². The zero-order valence-electron chi connectivity index (χ0n) is 8.26. The summed E-state index contributed by atoms with van der Waals surface area (Å²) in [7, 11) is -1.25. The fourth-order valence-electron chi connectivity index (χ4n) is 1.18. The van der Waals surface area contributed by atoms with Gasteiger partial charge in [-0.15, -0.1) is 0 Å². The van der Waals surface area contributed by atoms with Crippen LogP contribution in [0.2, 0.25) is 0 Å². The van der Waals surface area contributed by atoms with E-state index < -0.39 is 10.8 Å². The Labute approximate surface area is 104 Å². The van der Waals surface area contributed by atoms with Gasteiger partial charge in [-0.25, -0.2) is 9.19 Å². The molecular weight excluding hydrogens is 288 g/mol. The van der Waals surface area contributed by atoms with Crippen molar-refractivity contribution in [3.63, 3.8) is 0 Å². The molecule has 1 aromatic carbocycles. The average molecular weight is 297 g/mol. The number of anilines is 1. The van der Waals surface area contributed by atoms with Crippen molar-refractivity contribution in [3.8, 4) is 0 Å². The predicted molar refractivity (Wildman–Crippen MR) is 67.5 cm³/mol. The molecule has 0 amide bonds. The highest BCUT2D eigenvalue weighted by molar-refractivity contribution is 9.10. The predicted octanol–water partition coefficient (Wildman–Crippen LogP) is 2.59. The number of nitrogens with two attached hydrogens (primary N) is 1. The van der Waals surface area contributed by atoms with E-state index in [1.165, 1.54) is 6.20 Å². The van der Waals surface area contributed by atoms with Gasteiger partial charge in [0.1, 0.15) is 15.8 Å². The first-order valence-corrected chi connectivity index (χ1v) is 6.50. The van der Waals surface area contributed by atoms with Crippen LogP contribution in [0.5, 0.6) is 0 Å². The van der Waals surface area contributed by atoms with Crippen LogP contribution in [0.25, 0.3) is 0 Å². The number of nitrogens with zero attached hydrogens (tertiary/aromatic N) is 1. The maximum atomic E-state index is 12.1. The Kier molecular flexibility index (Phi) is 3.36. The molecule has 0 aliphatic rings. The lowest BCUT2D eigenvalue weighted by molar-refractivity contribution is 0.680. The summed E-state index contributed by atoms with van der Waals surface area (Å²) < 4.78 is 13.0. The molecule has 0 unspecified atom stereocenters. The van der Waals surface area contributed by atoms with Crippen LogP contribution in [0.1, 0.15) is 0 Å². The molecule has 0 radical (unpaired) electrons. The first-order chi connectivity index (χ1) is 7.66. The van der Waals surface area contributed by atoms with Gasteiger partial charge in [0.05, 0.1) is 11.9 Å². The Bertz CT molecular complexity index is 463. The number of halogens is 1. The summed E-state index contributed by atoms with van der Waals surface area (Å²) in [6.07, 6.45) is 1.51. The summed E-state index contributed by atoms with van der Waals surface area (Å²) in [6, 6.07) is 10.7. The fourth-order valence-corrected chi connectivity index (χ4v) is 2.41. The first-order valence-electron chi connectivity index (χ1n) is 4.56. The van der Waals surface area contributed by atoms with Gasteiger partial charge in [-0.2, -0.15) is 0 Å². The van der Waals surface area contributed by atoms with Crippen molar-refractivity contribution in [2.45, 2.75) is 9.92 Å². The van der Waals surface area contributed by atoms with Crippen LogP contribution in [0.15, 0.2) is 57.0 Å². The van der Waals surface area contributed by atoms with E-state index in [0.29, 0.717) is 10.7 Å². The van der Waals surface area contributed by atoms with E-state index in [9.17, 15) is 4.21 Å². The van der Waals surface area contributed by atoms with Crippen molar-refractivity contribution in [3.05, 3.63) is 47.1 Å². The van der Waals surface area contributed by atoms with Crippen molar-refractivity contribution >= 4 is 32.4 Å². The van der Waals surface area contributed by atoms with Gasteiger partial charge in [-0.3, -0.25) is 0 Å². The lowest BCUT2D eigenvalue weighted by atomic mass is 10.4. The number of pyridine rings is 1. The molecule has 82 valence electrons. The van der Waals surface area contributed by atoms with Crippen LogP contribution in [0.3, 0.4) is 0 Å². The van der Waals surface area contributed by atoms with E-state index in [4.69, 9.17) is 5.73 Å². The number of benzene rings is 1. The molecule has 16 heavy (non-hydrogen) atoms. The molecule has 0 saturated heterocycles. The van der Waals surface area contributed by atoms with Gasteiger partial charge in [-0.05, 0) is 36.4 Å². The lowest BCUT2D eigenvalue weighted by Crippen LogP contribution is -1.96. The second-order valence-electron chi connectivity index (χ2n) is 3.15. The highest BCUT2D eigenvalue weighted by atomic mass is 79.9. The van der Waals surface area contributed by atoms with Crippen LogP contribution in [0, 0.1) is 0 Å². The summed E-state index contributed by atoms with van der Waals surface area (Å²) >= 11 is 3.33. The molecule has 0 saturated carbocycles. The van der Waals surface area contributed by atoms with Crippen LogP contribution in [0.4, 0.5) is 5.69 Å². The van der Waals surface area contributed by atoms with Gasteiger partial charge in [0.15, 0.2) is 0 Å². The molecule has 2 N–H and O–H groups in total. The Hall–Kier alpha value is -1.20. The third-order valence-electron chi connectivity index (χ3n) is 1.98. The van der Waals surface area contributed by atoms with E-state index in [0.717, 1.165) is 9.37 Å². The topological polar surface area (TPSA) is 56.0 Å². The summed E-state index contributed by atoms with van der Waals surface area (Å²) in [5.74, 6) is 0. The SMILES string of the molecule is Nc1ccc([S@](=O)c2ccc(Br)cc2)nc1. The Balaban J connectivity index is 2.32. The fraction of sp³-hybridized carbons (Fsp3) is 0. The summed E-state index contributed by atoms with van der Waals surface area (Å²) in [5.41, 5.74) is 6.08. The third-order valence-corrected chi connectivity index (χ3v) is 3.83. The van der Waals surface area contributed by atoms with Crippen molar-refractivity contribution < 1.29 is 4.21 Å². The van der Waals surface area contributed by atoms with Gasteiger partial charge >= 0.3 is 0 Å². The third kappa shape index (κ3) is 2.48. The number of nitrogen functional groups attached to an aromatic ring is 1. The second kappa shape index (κ2) is 4.76. The summed E-state index contributed by atoms with van der Waals surface area (Å²) in [4.78, 5) is 4.76. The van der Waals surface area contributed by atoms with Gasteiger partial charge in [0.25, 0.3) is 0 Å². The Morgan fingerprint density at radius 2 is 1.81 bits per heavy atom. The van der Waals surface area contributed by atoms with Crippen LogP contribution in [-0.4, -0.2) is 9.19 Å². The van der Waals surface area contributed by atoms with E-state index >= 15 is 0 Å². The van der Waals surface area contributed by atoms with E-state index in [2.05, 4.69) is 20.9 Å². The van der Waals surface area contributed by atoms with Crippen molar-refractivity contribution in [2.75, 3.05) is 5.73 Å². The molecule has 0 spiro atoms. The van der Waals surface area contributed by atoms with Crippen molar-refractivity contribution in [1.29, 1.82) is 0 Å². The molecule has 2 aromatic rings. The van der Waals surface area contributed by atoms with Gasteiger partial charge < -0.3 is 5.73 Å². The van der Waals surface area contributed by atoms with Crippen molar-refractivity contribution in [1.82, 2.24) is 4.98 Å². The molecule has 0 bridgehead atoms. The molecule has 3 nitrogen and oxygen atoms in total. The highest BCUT2D eigenvalue weighted by Crippen LogP contribution is 2.17. The highest BCUT2D eigenvalue weighted by Gasteiger charge is 2.07. The van der Waals surface area contributed by atoms with E-state index in [-0.39, 0.29) is 0 Å². The molecule has 0 aliphatic carbocycles. The number of hydrogen-bond donors (Lipinski definition) is 1. The quantitative estimate of drug-likeness (QED) is 0.927. The minimum atomic E-state index is -1.25. The van der Waals surface area contributed by atoms with Crippen LogP contribution >= 0.6 is 15.9 Å². The molecule has 1 atom stereocenters. The van der Waals surface area contributed by atoms with Crippen molar-refractivity contribution in [2.24, 2.45) is 0 Å². The lowest BCUT2D eigenvalue weighted by Gasteiger charge is -2.01. The minimum absolute atomic E-state index is 0.511. The normalized spacial score (nSPS) is 12.3. The molecule has 0 fully saturated rings. The van der Waals surface area contributed by atoms with Gasteiger partial charge in [0.2, 0.25) is 0 Å². The largest absolute Gasteiger partial charge is 0.397 e. The Morgan fingerprint density at radius 3 is 2.38 bits per heavy atom. The monoisotopic (exact) mass is 296 g/mol. The molecule has 2 rings (SSSR count). The zero-order chi connectivity index (χ0) is 11.5. The number of hydrogen-bond acceptors (Lipinski definition) is 3. The summed E-state index contributed by atoms with van der Waals surface area (Å²) in [5, 5.41) is 0.511. The Morgan fingerprint density at radius 1 is 1.12 bits per heavy atom. The molecule has 5 heteroatoms. The maximum Gasteiger partial charge on any atom is 0.132 e. The maximum absolute atomic E-state index is 12.1. The van der Waals surface area contributed by atoms with E-state index in [1.54, 1.807) is 24.3 Å². The zero-order valence-corrected chi connectivity index (χ0v) is 10.7. The molecular formula is C11H9BrN2OS. The second-order valence-corrected chi connectivity index (χ2v) is 5.50. The molecule has 1 heterocycles. The van der Waals surface area contributed by atoms with Crippen LogP contribution in [-0.2, 0) is 10.8 Å². The average Bonchev–Trinajstić information content (AvgIpc) is 2.30. The van der Waals surface area contributed by atoms with Gasteiger partial charge in [-0.1, -0.05) is 15.9 Å². The number of rotatable bonds is 2. The number of aromatic nitrogens is 1. The summed E-state index contributed by atoms with van der Waals surface area (Å²) in [6.45, 7) is 0.